The number of sulfonamides is 1. The van der Waals surface area contributed by atoms with Crippen molar-refractivity contribution in [2.24, 2.45) is 0 Å². The molecular weight excluding hydrogens is 336 g/mol. The Morgan fingerprint density at radius 2 is 1.80 bits per heavy atom. The average Bonchev–Trinajstić information content (AvgIpc) is 2.54. The van der Waals surface area contributed by atoms with E-state index in [0.717, 1.165) is 19.1 Å². The van der Waals surface area contributed by atoms with Gasteiger partial charge in [0, 0.05) is 11.6 Å². The molecule has 0 aliphatic heterocycles. The average molecular weight is 360 g/mol. The second-order valence-electron chi connectivity index (χ2n) is 6.30. The molecule has 2 aromatic rings. The molecule has 0 spiro atoms. The number of hydrogen-bond donors (Lipinski definition) is 2. The zero-order valence-electron chi connectivity index (χ0n) is 14.7. The highest BCUT2D eigenvalue weighted by atomic mass is 32.2. The first-order valence-corrected chi connectivity index (χ1v) is 10.1. The Hall–Kier alpha value is -2.34. The Morgan fingerprint density at radius 3 is 2.40 bits per heavy atom. The first-order valence-electron chi connectivity index (χ1n) is 8.18. The van der Waals surface area contributed by atoms with Crippen molar-refractivity contribution in [2.45, 2.75) is 32.7 Å². The van der Waals surface area contributed by atoms with Crippen molar-refractivity contribution >= 4 is 21.6 Å². The van der Waals surface area contributed by atoms with Gasteiger partial charge in [-0.2, -0.15) is 0 Å². The minimum atomic E-state index is -3.34. The summed E-state index contributed by atoms with van der Waals surface area (Å²) in [6, 6.07) is 15.1. The van der Waals surface area contributed by atoms with E-state index in [0.29, 0.717) is 16.8 Å². The Balaban J connectivity index is 1.94. The molecule has 1 amide bonds. The second-order valence-corrected chi connectivity index (χ2v) is 8.05. The molecule has 0 aromatic heterocycles. The molecule has 2 rings (SSSR count). The van der Waals surface area contributed by atoms with E-state index in [9.17, 15) is 13.2 Å². The minimum Gasteiger partial charge on any atom is -0.350 e. The molecule has 0 heterocycles. The van der Waals surface area contributed by atoms with Crippen LogP contribution in [0.2, 0.25) is 0 Å². The molecule has 25 heavy (non-hydrogen) atoms. The lowest BCUT2D eigenvalue weighted by molar-refractivity contribution is 0.0938. The van der Waals surface area contributed by atoms with Crippen LogP contribution in [0.3, 0.4) is 0 Å². The van der Waals surface area contributed by atoms with Crippen molar-refractivity contribution in [3.8, 4) is 0 Å². The van der Waals surface area contributed by atoms with Crippen LogP contribution in [0.5, 0.6) is 0 Å². The number of carbonyl (C=O) groups excluding carboxylic acids is 1. The summed E-state index contributed by atoms with van der Waals surface area (Å²) in [7, 11) is -3.34. The Labute approximate surface area is 149 Å². The van der Waals surface area contributed by atoms with E-state index in [1.807, 2.05) is 25.1 Å². The molecule has 0 fully saturated rings. The van der Waals surface area contributed by atoms with Crippen LogP contribution in [0, 0.1) is 6.92 Å². The molecule has 5 nitrogen and oxygen atoms in total. The molecule has 1 atom stereocenters. The van der Waals surface area contributed by atoms with E-state index in [1.165, 1.54) is 5.56 Å². The third kappa shape index (κ3) is 6.23. The van der Waals surface area contributed by atoms with Crippen molar-refractivity contribution in [3.63, 3.8) is 0 Å². The largest absolute Gasteiger partial charge is 0.350 e. The second kappa shape index (κ2) is 8.16. The van der Waals surface area contributed by atoms with E-state index < -0.39 is 10.0 Å². The van der Waals surface area contributed by atoms with Gasteiger partial charge < -0.3 is 5.32 Å². The summed E-state index contributed by atoms with van der Waals surface area (Å²) in [6.45, 7) is 3.75. The minimum absolute atomic E-state index is 0.0434. The van der Waals surface area contributed by atoms with Crippen molar-refractivity contribution in [1.29, 1.82) is 0 Å². The summed E-state index contributed by atoms with van der Waals surface area (Å²) in [5, 5.41) is 2.98. The number of hydrogen-bond acceptors (Lipinski definition) is 3. The van der Waals surface area contributed by atoms with Crippen LogP contribution in [-0.2, 0) is 16.4 Å². The number of rotatable bonds is 7. The van der Waals surface area contributed by atoms with Crippen molar-refractivity contribution in [1.82, 2.24) is 5.32 Å². The van der Waals surface area contributed by atoms with Crippen LogP contribution in [0.1, 0.15) is 34.8 Å². The smallest absolute Gasteiger partial charge is 0.251 e. The summed E-state index contributed by atoms with van der Waals surface area (Å²) < 4.78 is 25.1. The van der Waals surface area contributed by atoms with Crippen LogP contribution >= 0.6 is 0 Å². The quantitative estimate of drug-likeness (QED) is 0.796. The van der Waals surface area contributed by atoms with E-state index in [4.69, 9.17) is 0 Å². The zero-order chi connectivity index (χ0) is 18.4. The molecule has 134 valence electrons. The molecule has 0 bridgehead atoms. The Bertz CT molecular complexity index is 833. The van der Waals surface area contributed by atoms with Crippen LogP contribution in [-0.4, -0.2) is 26.6 Å². The molecule has 0 saturated heterocycles. The van der Waals surface area contributed by atoms with Crippen LogP contribution in [0.25, 0.3) is 0 Å². The fourth-order valence-corrected chi connectivity index (χ4v) is 3.15. The lowest BCUT2D eigenvalue weighted by Crippen LogP contribution is -2.33. The summed E-state index contributed by atoms with van der Waals surface area (Å²) in [4.78, 5) is 12.4. The van der Waals surface area contributed by atoms with E-state index in [-0.39, 0.29) is 11.9 Å². The van der Waals surface area contributed by atoms with Gasteiger partial charge in [-0.05, 0) is 56.0 Å². The fourth-order valence-electron chi connectivity index (χ4n) is 2.53. The maximum absolute atomic E-state index is 12.4. The van der Waals surface area contributed by atoms with Crippen LogP contribution < -0.4 is 10.0 Å². The molecule has 0 radical (unpaired) electrons. The van der Waals surface area contributed by atoms with E-state index in [2.05, 4.69) is 22.2 Å². The molecule has 2 aromatic carbocycles. The Morgan fingerprint density at radius 1 is 1.12 bits per heavy atom. The first-order chi connectivity index (χ1) is 11.7. The molecule has 6 heteroatoms. The van der Waals surface area contributed by atoms with Gasteiger partial charge in [-0.3, -0.25) is 9.52 Å². The Kier molecular flexibility index (Phi) is 6.20. The fraction of sp³-hybridized carbons (Fsp3) is 0.316. The molecule has 0 aliphatic rings. The normalized spacial score (nSPS) is 12.4. The predicted molar refractivity (Wildman–Crippen MR) is 101 cm³/mol. The summed E-state index contributed by atoms with van der Waals surface area (Å²) >= 11 is 0. The molecule has 0 unspecified atom stereocenters. The van der Waals surface area contributed by atoms with Gasteiger partial charge >= 0.3 is 0 Å². The summed E-state index contributed by atoms with van der Waals surface area (Å²) in [5.74, 6) is -0.158. The first kappa shape index (κ1) is 19.0. The van der Waals surface area contributed by atoms with E-state index in [1.54, 1.807) is 25.1 Å². The third-order valence-corrected chi connectivity index (χ3v) is 4.46. The van der Waals surface area contributed by atoms with Crippen LogP contribution in [0.15, 0.2) is 48.5 Å². The number of aryl methyl sites for hydroxylation is 2. The predicted octanol–water partition coefficient (Wildman–Crippen LogP) is 3.12. The summed E-state index contributed by atoms with van der Waals surface area (Å²) in [5.41, 5.74) is 2.95. The lowest BCUT2D eigenvalue weighted by Gasteiger charge is -2.15. The molecule has 0 saturated carbocycles. The summed E-state index contributed by atoms with van der Waals surface area (Å²) in [6.07, 6.45) is 2.85. The van der Waals surface area contributed by atoms with Crippen LogP contribution in [0.4, 0.5) is 5.69 Å². The van der Waals surface area contributed by atoms with Crippen molar-refractivity contribution < 1.29 is 13.2 Å². The zero-order valence-corrected chi connectivity index (χ0v) is 15.6. The van der Waals surface area contributed by atoms with E-state index >= 15 is 0 Å². The highest BCUT2D eigenvalue weighted by molar-refractivity contribution is 7.92. The standard InChI is InChI=1S/C19H24N2O3S/c1-14-13-17(11-12-18(14)21-25(3,23)24)19(22)20-15(2)9-10-16-7-5-4-6-8-16/h4-8,11-13,15,21H,9-10H2,1-3H3,(H,20,22)/t15-/m0/s1. The topological polar surface area (TPSA) is 75.3 Å². The lowest BCUT2D eigenvalue weighted by atomic mass is 10.1. The van der Waals surface area contributed by atoms with Gasteiger partial charge in [0.15, 0.2) is 0 Å². The van der Waals surface area contributed by atoms with Gasteiger partial charge in [0.1, 0.15) is 0 Å². The van der Waals surface area contributed by atoms with Gasteiger partial charge in [0.2, 0.25) is 10.0 Å². The molecule has 0 aliphatic carbocycles. The number of amides is 1. The van der Waals surface area contributed by atoms with Gasteiger partial charge in [-0.1, -0.05) is 30.3 Å². The van der Waals surface area contributed by atoms with Gasteiger partial charge in [-0.15, -0.1) is 0 Å². The van der Waals surface area contributed by atoms with Gasteiger partial charge in [0.05, 0.1) is 11.9 Å². The number of nitrogens with one attached hydrogen (secondary N) is 2. The highest BCUT2D eigenvalue weighted by Gasteiger charge is 2.12. The van der Waals surface area contributed by atoms with Crippen molar-refractivity contribution in [3.05, 3.63) is 65.2 Å². The van der Waals surface area contributed by atoms with Gasteiger partial charge in [0.25, 0.3) is 5.91 Å². The maximum atomic E-state index is 12.4. The number of anilines is 1. The third-order valence-electron chi connectivity index (χ3n) is 3.87. The monoisotopic (exact) mass is 360 g/mol. The van der Waals surface area contributed by atoms with Gasteiger partial charge in [-0.25, -0.2) is 8.42 Å². The number of benzene rings is 2. The SMILES string of the molecule is Cc1cc(C(=O)N[C@@H](C)CCc2ccccc2)ccc1NS(C)(=O)=O. The molecule has 2 N–H and O–H groups in total. The van der Waals surface area contributed by atoms with Crippen molar-refractivity contribution in [2.75, 3.05) is 11.0 Å². The maximum Gasteiger partial charge on any atom is 0.251 e. The highest BCUT2D eigenvalue weighted by Crippen LogP contribution is 2.18. The molecular formula is C19H24N2O3S. The number of carbonyl (C=O) groups is 1.